The Hall–Kier alpha value is -1.68. The van der Waals surface area contributed by atoms with Crippen LogP contribution in [0.15, 0.2) is 41.5 Å². The lowest BCUT2D eigenvalue weighted by atomic mass is 9.74. The van der Waals surface area contributed by atoms with E-state index in [1.807, 2.05) is 0 Å². The van der Waals surface area contributed by atoms with Crippen molar-refractivity contribution in [3.63, 3.8) is 0 Å². The molecule has 0 bridgehead atoms. The minimum Gasteiger partial charge on any atom is -0.331 e. The minimum absolute atomic E-state index is 0.544. The number of thiocarbonyl (C=S) groups is 1. The van der Waals surface area contributed by atoms with Crippen molar-refractivity contribution < 1.29 is 0 Å². The summed E-state index contributed by atoms with van der Waals surface area (Å²) in [7, 11) is 0. The Morgan fingerprint density at radius 2 is 2.05 bits per heavy atom. The number of allylic oxidation sites excluding steroid dienone is 2. The molecule has 2 aliphatic carbocycles. The largest absolute Gasteiger partial charge is 0.331 e. The Labute approximate surface area is 131 Å². The molecule has 0 aliphatic heterocycles. The molecule has 2 N–H and O–H groups in total. The standard InChI is InChI=1S/C17H21N3S/c1-11(2)12-6-8-14(9-7-12)18-17(21)20-19-16-10-13-4-3-5-15(13)16/h3-4,6-9,11,13,15H,5,10H2,1-2H3,(H2,18,20,21)/b19-16-/t13-,15+/m1/s1. The molecular formula is C17H21N3S. The average molecular weight is 299 g/mol. The Morgan fingerprint density at radius 3 is 2.71 bits per heavy atom. The molecule has 0 aromatic heterocycles. The van der Waals surface area contributed by atoms with Crippen molar-refractivity contribution in [1.29, 1.82) is 0 Å². The van der Waals surface area contributed by atoms with Crippen molar-refractivity contribution in [2.45, 2.75) is 32.6 Å². The lowest BCUT2D eigenvalue weighted by molar-refractivity contribution is 0.463. The number of hydrogen-bond donors (Lipinski definition) is 2. The molecular weight excluding hydrogens is 278 g/mol. The first-order chi connectivity index (χ1) is 10.1. The summed E-state index contributed by atoms with van der Waals surface area (Å²) in [6.45, 7) is 4.38. The lowest BCUT2D eigenvalue weighted by Gasteiger charge is -2.31. The van der Waals surface area contributed by atoms with E-state index in [-0.39, 0.29) is 0 Å². The fourth-order valence-electron chi connectivity index (χ4n) is 2.90. The Bertz CT molecular complexity index is 587. The zero-order valence-electron chi connectivity index (χ0n) is 12.5. The van der Waals surface area contributed by atoms with E-state index in [0.29, 0.717) is 16.9 Å². The molecule has 3 nitrogen and oxygen atoms in total. The van der Waals surface area contributed by atoms with Gasteiger partial charge in [-0.05, 0) is 54.6 Å². The molecule has 21 heavy (non-hydrogen) atoms. The minimum atomic E-state index is 0.544. The van der Waals surface area contributed by atoms with Gasteiger partial charge in [-0.25, -0.2) is 0 Å². The first kappa shape index (κ1) is 14.3. The van der Waals surface area contributed by atoms with Crippen molar-refractivity contribution >= 4 is 28.7 Å². The number of hydrogen-bond acceptors (Lipinski definition) is 2. The van der Waals surface area contributed by atoms with Gasteiger partial charge in [0.1, 0.15) is 0 Å². The van der Waals surface area contributed by atoms with Gasteiger partial charge in [-0.3, -0.25) is 5.43 Å². The first-order valence-corrected chi connectivity index (χ1v) is 7.94. The lowest BCUT2D eigenvalue weighted by Crippen LogP contribution is -2.36. The normalized spacial score (nSPS) is 24.8. The van der Waals surface area contributed by atoms with E-state index in [9.17, 15) is 0 Å². The topological polar surface area (TPSA) is 36.4 Å². The Morgan fingerprint density at radius 1 is 1.29 bits per heavy atom. The SMILES string of the molecule is CC(C)c1ccc(NC(=S)N/N=C2/C[C@H]3C=CC[C@H]23)cc1. The molecule has 3 rings (SSSR count). The van der Waals surface area contributed by atoms with E-state index in [1.165, 1.54) is 11.3 Å². The second kappa shape index (κ2) is 5.98. The zero-order valence-corrected chi connectivity index (χ0v) is 13.3. The van der Waals surface area contributed by atoms with Crippen LogP contribution < -0.4 is 10.7 Å². The van der Waals surface area contributed by atoms with Gasteiger partial charge in [-0.1, -0.05) is 38.1 Å². The van der Waals surface area contributed by atoms with Gasteiger partial charge in [-0.15, -0.1) is 0 Å². The molecule has 0 saturated heterocycles. The fraction of sp³-hybridized carbons (Fsp3) is 0.412. The van der Waals surface area contributed by atoms with Crippen LogP contribution in [0, 0.1) is 11.8 Å². The van der Waals surface area contributed by atoms with E-state index < -0.39 is 0 Å². The van der Waals surface area contributed by atoms with Crippen molar-refractivity contribution in [3.05, 3.63) is 42.0 Å². The number of benzene rings is 1. The van der Waals surface area contributed by atoms with Crippen LogP contribution in [0.25, 0.3) is 0 Å². The summed E-state index contributed by atoms with van der Waals surface area (Å²) in [5.74, 6) is 1.88. The second-order valence-corrected chi connectivity index (χ2v) is 6.49. The van der Waals surface area contributed by atoms with Gasteiger partial charge in [0.05, 0.1) is 0 Å². The van der Waals surface area contributed by atoms with Crippen LogP contribution in [-0.2, 0) is 0 Å². The number of fused-ring (bicyclic) bond motifs is 1. The van der Waals surface area contributed by atoms with E-state index >= 15 is 0 Å². The molecule has 0 radical (unpaired) electrons. The predicted octanol–water partition coefficient (Wildman–Crippen LogP) is 4.05. The summed E-state index contributed by atoms with van der Waals surface area (Å²) in [5.41, 5.74) is 6.52. The van der Waals surface area contributed by atoms with Crippen LogP contribution in [0.4, 0.5) is 5.69 Å². The van der Waals surface area contributed by atoms with Gasteiger partial charge in [0.25, 0.3) is 0 Å². The molecule has 0 amide bonds. The van der Waals surface area contributed by atoms with Crippen LogP contribution in [0.5, 0.6) is 0 Å². The monoisotopic (exact) mass is 299 g/mol. The zero-order chi connectivity index (χ0) is 14.8. The predicted molar refractivity (Wildman–Crippen MR) is 92.7 cm³/mol. The number of nitrogens with zero attached hydrogens (tertiary/aromatic N) is 1. The molecule has 1 fully saturated rings. The van der Waals surface area contributed by atoms with Crippen LogP contribution in [-0.4, -0.2) is 10.8 Å². The fourth-order valence-corrected chi connectivity index (χ4v) is 3.06. The van der Waals surface area contributed by atoms with E-state index in [0.717, 1.165) is 24.4 Å². The summed E-state index contributed by atoms with van der Waals surface area (Å²) in [6.07, 6.45) is 6.75. The van der Waals surface area contributed by atoms with Gasteiger partial charge >= 0.3 is 0 Å². The third kappa shape index (κ3) is 3.16. The highest BCUT2D eigenvalue weighted by molar-refractivity contribution is 7.80. The average Bonchev–Trinajstić information content (AvgIpc) is 2.81. The highest BCUT2D eigenvalue weighted by Crippen LogP contribution is 2.40. The smallest absolute Gasteiger partial charge is 0.191 e. The highest BCUT2D eigenvalue weighted by atomic mass is 32.1. The molecule has 1 aromatic rings. The number of nitrogens with one attached hydrogen (secondary N) is 2. The van der Waals surface area contributed by atoms with Crippen LogP contribution in [0.3, 0.4) is 0 Å². The van der Waals surface area contributed by atoms with E-state index in [4.69, 9.17) is 12.2 Å². The second-order valence-electron chi connectivity index (χ2n) is 6.08. The van der Waals surface area contributed by atoms with Crippen LogP contribution in [0.2, 0.25) is 0 Å². The quantitative estimate of drug-likeness (QED) is 0.502. The Kier molecular flexibility index (Phi) is 4.06. The molecule has 1 aromatic carbocycles. The molecule has 2 atom stereocenters. The molecule has 0 heterocycles. The van der Waals surface area contributed by atoms with Gasteiger partial charge < -0.3 is 5.32 Å². The van der Waals surface area contributed by atoms with E-state index in [1.54, 1.807) is 0 Å². The molecule has 0 spiro atoms. The maximum atomic E-state index is 5.29. The number of anilines is 1. The van der Waals surface area contributed by atoms with Crippen molar-refractivity contribution in [3.8, 4) is 0 Å². The van der Waals surface area contributed by atoms with E-state index in [2.05, 4.69) is 66.1 Å². The Balaban J connectivity index is 1.51. The third-order valence-electron chi connectivity index (χ3n) is 4.30. The van der Waals surface area contributed by atoms with Crippen molar-refractivity contribution in [1.82, 2.24) is 5.43 Å². The maximum absolute atomic E-state index is 5.29. The maximum Gasteiger partial charge on any atom is 0.191 e. The van der Waals surface area contributed by atoms with Gasteiger partial charge in [0.15, 0.2) is 5.11 Å². The summed E-state index contributed by atoms with van der Waals surface area (Å²) in [5, 5.41) is 8.16. The van der Waals surface area contributed by atoms with Crippen LogP contribution >= 0.6 is 12.2 Å². The van der Waals surface area contributed by atoms with Crippen LogP contribution in [0.1, 0.15) is 38.2 Å². The van der Waals surface area contributed by atoms with Crippen molar-refractivity contribution in [2.24, 2.45) is 16.9 Å². The molecule has 4 heteroatoms. The third-order valence-corrected chi connectivity index (χ3v) is 4.49. The van der Waals surface area contributed by atoms with Gasteiger partial charge in [-0.2, -0.15) is 5.10 Å². The molecule has 1 saturated carbocycles. The molecule has 2 aliphatic rings. The summed E-state index contributed by atoms with van der Waals surface area (Å²) < 4.78 is 0. The summed E-state index contributed by atoms with van der Waals surface area (Å²) in [6, 6.07) is 8.36. The summed E-state index contributed by atoms with van der Waals surface area (Å²) in [4.78, 5) is 0. The van der Waals surface area contributed by atoms with Crippen molar-refractivity contribution in [2.75, 3.05) is 5.32 Å². The highest BCUT2D eigenvalue weighted by Gasteiger charge is 2.37. The molecule has 0 unspecified atom stereocenters. The number of hydrazone groups is 1. The van der Waals surface area contributed by atoms with Gasteiger partial charge in [0, 0.05) is 17.3 Å². The molecule has 110 valence electrons. The number of rotatable bonds is 3. The van der Waals surface area contributed by atoms with Gasteiger partial charge in [0.2, 0.25) is 0 Å². The summed E-state index contributed by atoms with van der Waals surface area (Å²) >= 11 is 5.29. The first-order valence-electron chi connectivity index (χ1n) is 7.53.